The van der Waals surface area contributed by atoms with E-state index in [0.29, 0.717) is 11.4 Å². The van der Waals surface area contributed by atoms with Crippen LogP contribution in [0.3, 0.4) is 0 Å². The van der Waals surface area contributed by atoms with Crippen LogP contribution in [-0.2, 0) is 17.5 Å². The molecule has 1 heterocycles. The van der Waals surface area contributed by atoms with E-state index in [1.807, 2.05) is 0 Å². The maximum absolute atomic E-state index is 12.4. The number of alkyl halides is 3. The molecule has 0 aliphatic heterocycles. The highest BCUT2D eigenvalue weighted by atomic mass is 19.4. The lowest BCUT2D eigenvalue weighted by atomic mass is 10.2. The van der Waals surface area contributed by atoms with E-state index in [0.717, 1.165) is 10.7 Å². The Morgan fingerprint density at radius 1 is 1.29 bits per heavy atom. The summed E-state index contributed by atoms with van der Waals surface area (Å²) in [5.74, 6) is -0.350. The molecule has 8 heteroatoms. The van der Waals surface area contributed by atoms with Gasteiger partial charge in [-0.3, -0.25) is 9.48 Å². The van der Waals surface area contributed by atoms with Crippen molar-refractivity contribution in [3.63, 3.8) is 0 Å². The molecule has 0 saturated heterocycles. The maximum Gasteiger partial charge on any atom is 0.435 e. The van der Waals surface area contributed by atoms with Crippen LogP contribution >= 0.6 is 0 Å². The first-order valence-electron chi connectivity index (χ1n) is 6.11. The molecular formula is C13H13F3N4O. The van der Waals surface area contributed by atoms with Crippen molar-refractivity contribution in [1.29, 1.82) is 0 Å². The molecule has 112 valence electrons. The van der Waals surface area contributed by atoms with Gasteiger partial charge in [0.15, 0.2) is 5.69 Å². The van der Waals surface area contributed by atoms with Crippen molar-refractivity contribution in [2.45, 2.75) is 19.1 Å². The third-order valence-electron chi connectivity index (χ3n) is 2.73. The highest BCUT2D eigenvalue weighted by molar-refractivity contribution is 5.93. The number of nitrogens with zero attached hydrogens (tertiary/aromatic N) is 2. The number of anilines is 2. The molecule has 0 fully saturated rings. The number of hydrogen-bond acceptors (Lipinski definition) is 3. The second kappa shape index (κ2) is 5.86. The Labute approximate surface area is 118 Å². The van der Waals surface area contributed by atoms with Crippen LogP contribution in [0.25, 0.3) is 0 Å². The lowest BCUT2D eigenvalue weighted by molar-refractivity contribution is -0.141. The normalized spacial score (nSPS) is 11.4. The lowest BCUT2D eigenvalue weighted by Crippen LogP contribution is -2.16. The third-order valence-corrected chi connectivity index (χ3v) is 2.73. The van der Waals surface area contributed by atoms with Crippen LogP contribution in [-0.4, -0.2) is 15.7 Å². The molecule has 3 N–H and O–H groups in total. The van der Waals surface area contributed by atoms with Gasteiger partial charge < -0.3 is 11.1 Å². The molecule has 0 unspecified atom stereocenters. The minimum atomic E-state index is -4.48. The van der Waals surface area contributed by atoms with E-state index >= 15 is 0 Å². The number of nitrogen functional groups attached to an aromatic ring is 1. The summed E-state index contributed by atoms with van der Waals surface area (Å²) < 4.78 is 38.2. The molecule has 1 aromatic carbocycles. The first kappa shape index (κ1) is 14.9. The first-order valence-corrected chi connectivity index (χ1v) is 6.11. The number of halogens is 3. The molecule has 0 spiro atoms. The molecule has 5 nitrogen and oxygen atoms in total. The molecule has 0 aliphatic carbocycles. The molecule has 21 heavy (non-hydrogen) atoms. The van der Waals surface area contributed by atoms with Crippen LogP contribution < -0.4 is 11.1 Å². The summed E-state index contributed by atoms with van der Waals surface area (Å²) in [6.45, 7) is 0.0502. The van der Waals surface area contributed by atoms with Crippen molar-refractivity contribution in [3.05, 3.63) is 42.2 Å². The summed E-state index contributed by atoms with van der Waals surface area (Å²) >= 11 is 0. The number of carbonyl (C=O) groups excluding carboxylic acids is 1. The number of aryl methyl sites for hydroxylation is 1. The second-order valence-corrected chi connectivity index (χ2v) is 4.35. The minimum Gasteiger partial charge on any atom is -0.397 e. The third kappa shape index (κ3) is 3.98. The lowest BCUT2D eigenvalue weighted by Gasteiger charge is -2.08. The zero-order valence-corrected chi connectivity index (χ0v) is 10.9. The fourth-order valence-corrected chi connectivity index (χ4v) is 1.68. The number of amides is 1. The van der Waals surface area contributed by atoms with E-state index in [9.17, 15) is 18.0 Å². The van der Waals surface area contributed by atoms with Crippen molar-refractivity contribution in [2.75, 3.05) is 11.1 Å². The number of hydrogen-bond donors (Lipinski definition) is 2. The summed E-state index contributed by atoms with van der Waals surface area (Å²) in [5.41, 5.74) is 5.59. The molecule has 2 aromatic rings. The Morgan fingerprint density at radius 2 is 2.00 bits per heavy atom. The van der Waals surface area contributed by atoms with Gasteiger partial charge in [0.05, 0.1) is 11.4 Å². The summed E-state index contributed by atoms with van der Waals surface area (Å²) in [4.78, 5) is 11.7. The van der Waals surface area contributed by atoms with E-state index in [-0.39, 0.29) is 18.9 Å². The Hall–Kier alpha value is -2.51. The molecule has 0 saturated carbocycles. The number of nitrogens with one attached hydrogen (secondary N) is 1. The smallest absolute Gasteiger partial charge is 0.397 e. The van der Waals surface area contributed by atoms with E-state index in [1.165, 1.54) is 6.20 Å². The molecule has 0 radical (unpaired) electrons. The highest BCUT2D eigenvalue weighted by Gasteiger charge is 2.33. The number of nitrogens with two attached hydrogens (primary N) is 1. The Kier molecular flexibility index (Phi) is 4.15. The minimum absolute atomic E-state index is 0.00664. The SMILES string of the molecule is Nc1ccccc1NC(=O)CCn1ccc(C(F)(F)F)n1. The van der Waals surface area contributed by atoms with Crippen LogP contribution in [0.5, 0.6) is 0 Å². The van der Waals surface area contributed by atoms with Gasteiger partial charge in [-0.1, -0.05) is 12.1 Å². The van der Waals surface area contributed by atoms with Gasteiger partial charge in [0.2, 0.25) is 5.91 Å². The molecule has 2 rings (SSSR count). The van der Waals surface area contributed by atoms with E-state index in [2.05, 4.69) is 10.4 Å². The number of benzene rings is 1. The van der Waals surface area contributed by atoms with Crippen molar-refractivity contribution in [2.24, 2.45) is 0 Å². The van der Waals surface area contributed by atoms with Crippen LogP contribution in [0.1, 0.15) is 12.1 Å². The molecular weight excluding hydrogens is 285 g/mol. The van der Waals surface area contributed by atoms with Gasteiger partial charge in [0, 0.05) is 19.2 Å². The Bertz CT molecular complexity index is 636. The van der Waals surface area contributed by atoms with Crippen LogP contribution in [0.15, 0.2) is 36.5 Å². The standard InChI is InChI=1S/C13H13F3N4O/c14-13(15,16)11-5-7-20(19-11)8-6-12(21)18-10-4-2-1-3-9(10)17/h1-5,7H,6,8,17H2,(H,18,21). The van der Waals surface area contributed by atoms with E-state index in [4.69, 9.17) is 5.73 Å². The van der Waals surface area contributed by atoms with Crippen molar-refractivity contribution in [3.8, 4) is 0 Å². The van der Waals surface area contributed by atoms with Gasteiger partial charge in [-0.05, 0) is 18.2 Å². The summed E-state index contributed by atoms with van der Waals surface area (Å²) in [6.07, 6.45) is -3.30. The molecule has 0 bridgehead atoms. The first-order chi connectivity index (χ1) is 9.86. The van der Waals surface area contributed by atoms with Gasteiger partial charge in [-0.15, -0.1) is 0 Å². The second-order valence-electron chi connectivity index (χ2n) is 4.35. The zero-order valence-electron chi connectivity index (χ0n) is 10.9. The summed E-state index contributed by atoms with van der Waals surface area (Å²) in [6, 6.07) is 7.59. The fourth-order valence-electron chi connectivity index (χ4n) is 1.68. The Balaban J connectivity index is 1.90. The van der Waals surface area contributed by atoms with Gasteiger partial charge in [-0.2, -0.15) is 18.3 Å². The zero-order chi connectivity index (χ0) is 15.5. The van der Waals surface area contributed by atoms with Crippen molar-refractivity contribution in [1.82, 2.24) is 9.78 Å². The summed E-state index contributed by atoms with van der Waals surface area (Å²) in [5, 5.41) is 5.96. The molecule has 1 aromatic heterocycles. The predicted octanol–water partition coefficient (Wildman–Crippen LogP) is 2.51. The van der Waals surface area contributed by atoms with Gasteiger partial charge in [0.1, 0.15) is 0 Å². The largest absolute Gasteiger partial charge is 0.435 e. The summed E-state index contributed by atoms with van der Waals surface area (Å²) in [7, 11) is 0. The topological polar surface area (TPSA) is 72.9 Å². The van der Waals surface area contributed by atoms with E-state index < -0.39 is 11.9 Å². The molecule has 1 amide bonds. The van der Waals surface area contributed by atoms with Crippen molar-refractivity contribution < 1.29 is 18.0 Å². The van der Waals surface area contributed by atoms with Gasteiger partial charge in [0.25, 0.3) is 0 Å². The van der Waals surface area contributed by atoms with Gasteiger partial charge in [-0.25, -0.2) is 0 Å². The number of para-hydroxylation sites is 2. The van der Waals surface area contributed by atoms with Crippen LogP contribution in [0.2, 0.25) is 0 Å². The fraction of sp³-hybridized carbons (Fsp3) is 0.231. The maximum atomic E-state index is 12.4. The Morgan fingerprint density at radius 3 is 2.62 bits per heavy atom. The van der Waals surface area contributed by atoms with Crippen molar-refractivity contribution >= 4 is 17.3 Å². The monoisotopic (exact) mass is 298 g/mol. The predicted molar refractivity (Wildman–Crippen MR) is 71.3 cm³/mol. The molecule has 0 atom stereocenters. The highest BCUT2D eigenvalue weighted by Crippen LogP contribution is 2.27. The van der Waals surface area contributed by atoms with Crippen LogP contribution in [0.4, 0.5) is 24.5 Å². The van der Waals surface area contributed by atoms with E-state index in [1.54, 1.807) is 24.3 Å². The molecule has 0 aliphatic rings. The number of carbonyl (C=O) groups is 1. The average Bonchev–Trinajstić information content (AvgIpc) is 2.88. The number of rotatable bonds is 4. The van der Waals surface area contributed by atoms with Crippen LogP contribution in [0, 0.1) is 0 Å². The average molecular weight is 298 g/mol. The quantitative estimate of drug-likeness (QED) is 0.852. The van der Waals surface area contributed by atoms with Gasteiger partial charge >= 0.3 is 6.18 Å². The number of aromatic nitrogens is 2.